The van der Waals surface area contributed by atoms with E-state index in [2.05, 4.69) is 92.8 Å². The van der Waals surface area contributed by atoms with Crippen LogP contribution in [0.2, 0.25) is 0 Å². The maximum atomic E-state index is 13.0. The Morgan fingerprint density at radius 3 is 1.29 bits per heavy atom. The first-order valence-electron chi connectivity index (χ1n) is 57.0. The Hall–Kier alpha value is -6.93. The zero-order chi connectivity index (χ0) is 110. The highest BCUT2D eigenvalue weighted by atomic mass is 16.7. The summed E-state index contributed by atoms with van der Waals surface area (Å²) in [7, 11) is 0. The molecule has 5 unspecified atom stereocenters. The molecule has 13 rings (SSSR count). The predicted molar refractivity (Wildman–Crippen MR) is 581 cm³/mol. The number of benzene rings is 2. The standard InChI is InChI=1S/C23H38O6.C22H34O2.C20H32O2.C18H28O3.C16H30O2.C13H22O3.C13H22O2/c1-7-20(3,4)18(25)29-22(6,21(5)14-15-27-19(21)26)16-17(24)28-23(8-2)12-10-9-11-13-23;1-7-21(5,6)19(23)24-22(15-9-8-10-16-22)18-13-11-17(12-14-18)20(2,3)4;1-6-18(3,4)17(21)22-19(5,7-2)20-11-14-8-15(12-20)10-16(9-14)13-20;1-8-16(2,3)15(19)21-18(6,7)14-11-9-10-13(12-14)17(4,5)20;1-6-13(7-2)16(11-9-10-12-16)18-14(17)15(4,5)8-3;1-3-13(2)9-15-11(16-12(13)14)10-7-5-4-6-8-10;1-5-12(3,4)11(14)15-13(6-2)9-7-8-10-13/h7-16H2,1-6H3;11-14H,7-10,15-16H2,1-6H3;7,14-16H,2,6,8-13H2,1,3-5H3;9-12,20H,8H2,1-7H3;13H,6-12H2,1-5H3;10-11H,3-9H2,1-2H3;6H,2,5,7-10H2,1,3-4H3. The molecule has 0 aromatic heterocycles. The lowest BCUT2D eigenvalue weighted by molar-refractivity contribution is -0.239. The number of ether oxygens (including phenoxy) is 10. The van der Waals surface area contributed by atoms with Crippen LogP contribution in [0.25, 0.3) is 0 Å². The normalized spacial score (nSPS) is 24.7. The van der Waals surface area contributed by atoms with Crippen molar-refractivity contribution in [2.45, 2.75) is 548 Å². The molecule has 2 aromatic carbocycles. The first kappa shape index (κ1) is 127. The molecule has 9 aliphatic carbocycles. The first-order chi connectivity index (χ1) is 67.2. The number of aliphatic hydroxyl groups is 1. The fraction of sp³-hybridized carbons (Fsp3) is 0.800. The summed E-state index contributed by atoms with van der Waals surface area (Å²) in [5.41, 5.74) is -4.72. The van der Waals surface area contributed by atoms with E-state index in [4.69, 9.17) is 47.4 Å². The maximum Gasteiger partial charge on any atom is 0.316 e. The molecule has 2 heterocycles. The van der Waals surface area contributed by atoms with E-state index in [-0.39, 0.29) is 88.0 Å². The number of hydrogen-bond donors (Lipinski definition) is 1. The average Bonchev–Trinajstić information content (AvgIpc) is 1.30. The molecule has 826 valence electrons. The lowest BCUT2D eigenvalue weighted by Gasteiger charge is -2.61. The quantitative estimate of drug-likeness (QED) is 0.0387. The summed E-state index contributed by atoms with van der Waals surface area (Å²) in [5, 5.41) is 10.1. The van der Waals surface area contributed by atoms with E-state index in [0.29, 0.717) is 31.3 Å². The van der Waals surface area contributed by atoms with Gasteiger partial charge in [-0.1, -0.05) is 178 Å². The second-order valence-corrected chi connectivity index (χ2v) is 52.2. The Balaban J connectivity index is 0.000000261. The highest BCUT2D eigenvalue weighted by Gasteiger charge is 2.62. The highest BCUT2D eigenvalue weighted by molar-refractivity contribution is 5.85. The Kier molecular flexibility index (Phi) is 45.4. The lowest BCUT2D eigenvalue weighted by atomic mass is 9.45. The summed E-state index contributed by atoms with van der Waals surface area (Å²) in [6.07, 6.45) is 45.0. The third-order valence-electron chi connectivity index (χ3n) is 36.9. The fourth-order valence-electron chi connectivity index (χ4n) is 22.3. The predicted octanol–water partition coefficient (Wildman–Crippen LogP) is 31.2. The third kappa shape index (κ3) is 32.6. The molecule has 20 heteroatoms. The van der Waals surface area contributed by atoms with Gasteiger partial charge in [0.15, 0.2) is 0 Å². The molecular formula is C125H206O20. The fourth-order valence-corrected chi connectivity index (χ4v) is 22.3. The van der Waals surface area contributed by atoms with Crippen LogP contribution in [0.4, 0.5) is 0 Å². The minimum absolute atomic E-state index is 0.00111. The van der Waals surface area contributed by atoms with Crippen LogP contribution < -0.4 is 0 Å². The number of carbonyl (C=O) groups excluding carboxylic acids is 9. The lowest BCUT2D eigenvalue weighted by Crippen LogP contribution is -2.58. The monoisotopic (exact) mass is 2030 g/mol. The molecule has 145 heavy (non-hydrogen) atoms. The van der Waals surface area contributed by atoms with Crippen molar-refractivity contribution in [2.24, 2.45) is 78.3 Å². The van der Waals surface area contributed by atoms with Crippen LogP contribution in [0.1, 0.15) is 514 Å². The van der Waals surface area contributed by atoms with Gasteiger partial charge in [-0.3, -0.25) is 43.2 Å². The Morgan fingerprint density at radius 2 is 0.876 bits per heavy atom. The number of esters is 9. The van der Waals surface area contributed by atoms with Gasteiger partial charge in [-0.15, -0.1) is 0 Å². The zero-order valence-corrected chi connectivity index (χ0v) is 97.8. The van der Waals surface area contributed by atoms with Gasteiger partial charge in [-0.25, -0.2) is 0 Å². The Morgan fingerprint density at radius 1 is 0.455 bits per heavy atom. The van der Waals surface area contributed by atoms with E-state index >= 15 is 0 Å². The van der Waals surface area contributed by atoms with Gasteiger partial charge in [-0.05, 0) is 426 Å². The van der Waals surface area contributed by atoms with Gasteiger partial charge < -0.3 is 52.5 Å². The van der Waals surface area contributed by atoms with Crippen LogP contribution in [-0.2, 0) is 113 Å². The molecule has 2 aliphatic heterocycles. The van der Waals surface area contributed by atoms with E-state index in [0.717, 1.165) is 201 Å². The third-order valence-corrected chi connectivity index (χ3v) is 36.9. The number of hydrogen-bond acceptors (Lipinski definition) is 20. The van der Waals surface area contributed by atoms with Crippen LogP contribution in [0.3, 0.4) is 0 Å². The first-order valence-corrected chi connectivity index (χ1v) is 57.0. The summed E-state index contributed by atoms with van der Waals surface area (Å²) in [6.45, 7) is 73.7. The van der Waals surface area contributed by atoms with Gasteiger partial charge in [-0.2, -0.15) is 0 Å². The van der Waals surface area contributed by atoms with Crippen molar-refractivity contribution in [2.75, 3.05) is 13.2 Å². The molecule has 0 spiro atoms. The zero-order valence-electron chi connectivity index (χ0n) is 97.8. The van der Waals surface area contributed by atoms with Gasteiger partial charge in [0.2, 0.25) is 6.29 Å². The van der Waals surface area contributed by atoms with Crippen molar-refractivity contribution < 1.29 is 95.6 Å². The molecule has 11 fully saturated rings. The van der Waals surface area contributed by atoms with Crippen LogP contribution in [0.15, 0.2) is 73.8 Å². The van der Waals surface area contributed by atoms with E-state index < -0.39 is 84.0 Å². The molecule has 9 saturated carbocycles. The number of cyclic esters (lactones) is 2. The summed E-state index contributed by atoms with van der Waals surface area (Å²) in [5.74, 6) is 1.74. The Bertz CT molecular complexity index is 4470. The minimum atomic E-state index is -1.33. The molecular weight excluding hydrogens is 1820 g/mol. The van der Waals surface area contributed by atoms with E-state index in [1.807, 2.05) is 168 Å². The van der Waals surface area contributed by atoms with Gasteiger partial charge in [0.05, 0.1) is 63.1 Å². The van der Waals surface area contributed by atoms with Gasteiger partial charge in [0, 0.05) is 17.8 Å². The largest absolute Gasteiger partial charge is 0.465 e. The van der Waals surface area contributed by atoms with Crippen molar-refractivity contribution in [3.05, 3.63) is 96.1 Å². The smallest absolute Gasteiger partial charge is 0.316 e. The Labute approximate surface area is 880 Å². The van der Waals surface area contributed by atoms with Crippen molar-refractivity contribution in [1.82, 2.24) is 0 Å². The maximum absolute atomic E-state index is 13.0. The summed E-state index contributed by atoms with van der Waals surface area (Å²) >= 11 is 0. The van der Waals surface area contributed by atoms with Crippen molar-refractivity contribution in [1.29, 1.82) is 0 Å². The van der Waals surface area contributed by atoms with Crippen molar-refractivity contribution >= 4 is 53.7 Å². The number of carbonyl (C=O) groups is 9. The van der Waals surface area contributed by atoms with Gasteiger partial charge >= 0.3 is 53.7 Å². The van der Waals surface area contributed by atoms with Gasteiger partial charge in [0.1, 0.15) is 44.6 Å². The molecule has 1 N–H and O–H groups in total. The number of rotatable bonds is 34. The van der Waals surface area contributed by atoms with Crippen LogP contribution in [-0.4, -0.2) is 106 Å². The molecule has 20 nitrogen and oxygen atoms in total. The van der Waals surface area contributed by atoms with E-state index in [1.165, 1.54) is 82.6 Å². The molecule has 0 amide bonds. The van der Waals surface area contributed by atoms with Crippen LogP contribution in [0.5, 0.6) is 0 Å². The molecule has 5 atom stereocenters. The minimum Gasteiger partial charge on any atom is -0.465 e. The molecule has 0 radical (unpaired) electrons. The molecule has 2 saturated heterocycles. The SMILES string of the molecule is C=CC(C)(OC(=O)C(C)(C)CC)C12CC3CC(CC(C3)C1)C2.C=CC1(OC(=O)C(C)(C)CC)CCCC1.CCC(C)(C)C(=O)OC(C)(C)c1cccc(C(C)(C)O)c1.CCC(C)(C)C(=O)OC1(c2ccc(C(C)(C)C)cc2)CCCCC1.CCC(CC)C1(OC(=O)C(C)(C)CC)CCCC1.CCC1(C)COC(C2CCCCC2)OC1=O.CCC1(OC(=O)CC(C)(OC(=O)C(C)(C)CC)C2(C)CCOC2=O)CCCCC1. The molecule has 11 aliphatic rings. The highest BCUT2D eigenvalue weighted by Crippen LogP contribution is 2.65. The second-order valence-electron chi connectivity index (χ2n) is 52.2. The van der Waals surface area contributed by atoms with E-state index in [1.54, 1.807) is 41.5 Å². The van der Waals surface area contributed by atoms with Crippen LogP contribution in [0, 0.1) is 78.3 Å². The van der Waals surface area contributed by atoms with Crippen molar-refractivity contribution in [3.63, 3.8) is 0 Å². The second kappa shape index (κ2) is 51.9. The average molecular weight is 2030 g/mol. The summed E-state index contributed by atoms with van der Waals surface area (Å²) < 4.78 is 58.1. The topological polar surface area (TPSA) is 266 Å². The van der Waals surface area contributed by atoms with E-state index in [9.17, 15) is 48.3 Å². The van der Waals surface area contributed by atoms with Crippen molar-refractivity contribution in [3.8, 4) is 0 Å². The summed E-state index contributed by atoms with van der Waals surface area (Å²) in [4.78, 5) is 112. The van der Waals surface area contributed by atoms with Crippen LogP contribution >= 0.6 is 0 Å². The summed E-state index contributed by atoms with van der Waals surface area (Å²) in [6, 6.07) is 16.3. The molecule has 2 aromatic rings. The molecule has 4 bridgehead atoms. The van der Waals surface area contributed by atoms with Gasteiger partial charge in [0.25, 0.3) is 0 Å².